The molecule has 0 radical (unpaired) electrons. The summed E-state index contributed by atoms with van der Waals surface area (Å²) < 4.78 is 0. The van der Waals surface area contributed by atoms with E-state index in [0.717, 1.165) is 0 Å². The number of nitrogens with zero attached hydrogens (tertiary/aromatic N) is 1. The Balaban J connectivity index is 2.42. The van der Waals surface area contributed by atoms with Crippen LogP contribution in [0.25, 0.3) is 0 Å². The zero-order chi connectivity index (χ0) is 8.60. The van der Waals surface area contributed by atoms with E-state index >= 15 is 0 Å². The van der Waals surface area contributed by atoms with Gasteiger partial charge in [-0.1, -0.05) is 17.8 Å². The number of fused-ring (bicyclic) bond motifs is 1. The van der Waals surface area contributed by atoms with Crippen molar-refractivity contribution in [2.75, 3.05) is 0 Å². The molecule has 12 heavy (non-hydrogen) atoms. The minimum absolute atomic E-state index is 0.835. The van der Waals surface area contributed by atoms with Crippen molar-refractivity contribution in [1.82, 2.24) is 4.90 Å². The minimum atomic E-state index is -0.922. The number of carboxylic acid groups (broad SMARTS) is 1. The van der Waals surface area contributed by atoms with Crippen molar-refractivity contribution >= 4 is 17.7 Å². The number of carbonyl (C=O) groups is 1. The molecule has 1 N–H and O–H groups in total. The molecule has 0 fully saturated rings. The summed E-state index contributed by atoms with van der Waals surface area (Å²) in [7, 11) is 0. The van der Waals surface area contributed by atoms with Crippen molar-refractivity contribution in [2.24, 2.45) is 0 Å². The van der Waals surface area contributed by atoms with Gasteiger partial charge >= 0.3 is 5.97 Å². The highest BCUT2D eigenvalue weighted by atomic mass is 32.2. The van der Waals surface area contributed by atoms with Crippen LogP contribution in [0.2, 0.25) is 0 Å². The molecule has 0 spiro atoms. The topological polar surface area (TPSA) is 40.5 Å². The first-order valence-corrected chi connectivity index (χ1v) is 4.36. The molecule has 2 heterocycles. The molecule has 0 bridgehead atoms. The van der Waals surface area contributed by atoms with Crippen LogP contribution in [-0.2, 0) is 4.79 Å². The zero-order valence-corrected chi connectivity index (χ0v) is 6.99. The SMILES string of the molecule is O=C(O)C12C=CC=CN1C=CS2. The van der Waals surface area contributed by atoms with Crippen molar-refractivity contribution in [3.8, 4) is 0 Å². The van der Waals surface area contributed by atoms with E-state index in [4.69, 9.17) is 5.11 Å². The molecule has 2 rings (SSSR count). The molecule has 0 aromatic heterocycles. The Kier molecular flexibility index (Phi) is 1.51. The minimum Gasteiger partial charge on any atom is -0.479 e. The average molecular weight is 181 g/mol. The summed E-state index contributed by atoms with van der Waals surface area (Å²) in [6.07, 6.45) is 8.77. The molecule has 0 aromatic rings. The standard InChI is InChI=1S/C8H7NO2S/c10-7(11)8-3-1-2-4-9(8)5-6-12-8/h1-6H,(H,10,11). The van der Waals surface area contributed by atoms with E-state index in [-0.39, 0.29) is 0 Å². The van der Waals surface area contributed by atoms with Gasteiger partial charge < -0.3 is 10.0 Å². The molecule has 3 nitrogen and oxygen atoms in total. The Hall–Kier alpha value is -1.16. The van der Waals surface area contributed by atoms with E-state index in [0.29, 0.717) is 0 Å². The van der Waals surface area contributed by atoms with Gasteiger partial charge in [0, 0.05) is 12.4 Å². The Morgan fingerprint density at radius 1 is 1.42 bits per heavy atom. The van der Waals surface area contributed by atoms with Gasteiger partial charge in [0.2, 0.25) is 4.87 Å². The van der Waals surface area contributed by atoms with E-state index in [9.17, 15) is 4.79 Å². The number of hydrogen-bond donors (Lipinski definition) is 1. The van der Waals surface area contributed by atoms with E-state index in [1.165, 1.54) is 11.8 Å². The van der Waals surface area contributed by atoms with Gasteiger partial charge in [0.1, 0.15) is 0 Å². The fourth-order valence-electron chi connectivity index (χ4n) is 1.22. The highest BCUT2D eigenvalue weighted by Crippen LogP contribution is 2.40. The van der Waals surface area contributed by atoms with Crippen molar-refractivity contribution < 1.29 is 9.90 Å². The lowest BCUT2D eigenvalue weighted by molar-refractivity contribution is -0.141. The van der Waals surface area contributed by atoms with E-state index in [1.54, 1.807) is 34.9 Å². The maximum Gasteiger partial charge on any atom is 0.345 e. The van der Waals surface area contributed by atoms with Crippen LogP contribution < -0.4 is 0 Å². The number of carboxylic acids is 1. The van der Waals surface area contributed by atoms with Gasteiger partial charge in [0.15, 0.2) is 0 Å². The average Bonchev–Trinajstić information content (AvgIpc) is 2.48. The van der Waals surface area contributed by atoms with Crippen molar-refractivity contribution in [3.05, 3.63) is 36.0 Å². The molecule has 0 saturated heterocycles. The predicted molar refractivity (Wildman–Crippen MR) is 47.2 cm³/mol. The number of rotatable bonds is 1. The molecule has 0 amide bonds. The Morgan fingerprint density at radius 2 is 2.25 bits per heavy atom. The third kappa shape index (κ3) is 0.814. The lowest BCUT2D eigenvalue weighted by Gasteiger charge is -2.30. The molecule has 2 aliphatic rings. The fourth-order valence-corrected chi connectivity index (χ4v) is 2.12. The van der Waals surface area contributed by atoms with Crippen LogP contribution >= 0.6 is 11.8 Å². The lowest BCUT2D eigenvalue weighted by atomic mass is 10.2. The molecule has 0 aromatic carbocycles. The van der Waals surface area contributed by atoms with E-state index in [1.807, 2.05) is 6.08 Å². The van der Waals surface area contributed by atoms with Gasteiger partial charge in [-0.05, 0) is 17.6 Å². The summed E-state index contributed by atoms with van der Waals surface area (Å²) in [5, 5.41) is 10.8. The highest BCUT2D eigenvalue weighted by molar-refractivity contribution is 8.04. The molecule has 1 unspecified atom stereocenters. The van der Waals surface area contributed by atoms with Crippen LogP contribution in [-0.4, -0.2) is 20.8 Å². The number of aliphatic carboxylic acids is 1. The summed E-state index contributed by atoms with van der Waals surface area (Å²) in [4.78, 5) is 11.7. The number of hydrogen-bond acceptors (Lipinski definition) is 3. The first-order valence-electron chi connectivity index (χ1n) is 3.48. The molecule has 0 saturated carbocycles. The van der Waals surface area contributed by atoms with Gasteiger partial charge in [0.05, 0.1) is 0 Å². The van der Waals surface area contributed by atoms with Gasteiger partial charge in [-0.25, -0.2) is 4.79 Å². The summed E-state index contributed by atoms with van der Waals surface area (Å²) in [6.45, 7) is 0. The van der Waals surface area contributed by atoms with Crippen LogP contribution in [0.15, 0.2) is 36.0 Å². The second-order valence-electron chi connectivity index (χ2n) is 2.51. The zero-order valence-electron chi connectivity index (χ0n) is 6.18. The van der Waals surface area contributed by atoms with Gasteiger partial charge in [0.25, 0.3) is 0 Å². The van der Waals surface area contributed by atoms with Crippen LogP contribution in [0.3, 0.4) is 0 Å². The Bertz CT molecular complexity index is 308. The van der Waals surface area contributed by atoms with Crippen LogP contribution in [0.5, 0.6) is 0 Å². The fraction of sp³-hybridized carbons (Fsp3) is 0.125. The van der Waals surface area contributed by atoms with Gasteiger partial charge in [-0.2, -0.15) is 0 Å². The van der Waals surface area contributed by atoms with Crippen LogP contribution in [0.4, 0.5) is 0 Å². The van der Waals surface area contributed by atoms with Gasteiger partial charge in [-0.3, -0.25) is 0 Å². The largest absolute Gasteiger partial charge is 0.479 e. The number of allylic oxidation sites excluding steroid dienone is 2. The quantitative estimate of drug-likeness (QED) is 0.663. The third-order valence-corrected chi connectivity index (χ3v) is 2.98. The van der Waals surface area contributed by atoms with Crippen molar-refractivity contribution in [2.45, 2.75) is 4.87 Å². The first-order chi connectivity index (χ1) is 5.76. The maximum atomic E-state index is 11.0. The molecule has 62 valence electrons. The van der Waals surface area contributed by atoms with Crippen LogP contribution in [0, 0.1) is 0 Å². The summed E-state index contributed by atoms with van der Waals surface area (Å²) in [5.41, 5.74) is 0. The normalized spacial score (nSPS) is 30.8. The summed E-state index contributed by atoms with van der Waals surface area (Å²) in [5.74, 6) is -0.835. The maximum absolute atomic E-state index is 11.0. The molecular weight excluding hydrogens is 174 g/mol. The summed E-state index contributed by atoms with van der Waals surface area (Å²) >= 11 is 1.29. The smallest absolute Gasteiger partial charge is 0.345 e. The predicted octanol–water partition coefficient (Wildman–Crippen LogP) is 1.37. The van der Waals surface area contributed by atoms with E-state index in [2.05, 4.69) is 0 Å². The molecule has 2 aliphatic heterocycles. The first kappa shape index (κ1) is 7.49. The Labute approximate surface area is 74.1 Å². The van der Waals surface area contributed by atoms with Crippen molar-refractivity contribution in [1.29, 1.82) is 0 Å². The third-order valence-electron chi connectivity index (χ3n) is 1.84. The summed E-state index contributed by atoms with van der Waals surface area (Å²) in [6, 6.07) is 0. The van der Waals surface area contributed by atoms with Crippen molar-refractivity contribution in [3.63, 3.8) is 0 Å². The molecule has 0 aliphatic carbocycles. The number of thioether (sulfide) groups is 1. The van der Waals surface area contributed by atoms with Crippen LogP contribution in [0.1, 0.15) is 0 Å². The molecule has 4 heteroatoms. The second-order valence-corrected chi connectivity index (χ2v) is 3.64. The molecule has 1 atom stereocenters. The molecular formula is C8H7NO2S. The van der Waals surface area contributed by atoms with Gasteiger partial charge in [-0.15, -0.1) is 0 Å². The lowest BCUT2D eigenvalue weighted by Crippen LogP contribution is -2.43. The highest BCUT2D eigenvalue weighted by Gasteiger charge is 2.43. The van der Waals surface area contributed by atoms with E-state index < -0.39 is 10.8 Å². The second kappa shape index (κ2) is 2.42. The Morgan fingerprint density at radius 3 is 2.92 bits per heavy atom. The monoisotopic (exact) mass is 181 g/mol.